The molecule has 0 aliphatic heterocycles. The van der Waals surface area contributed by atoms with Crippen LogP contribution in [0.1, 0.15) is 12.5 Å². The van der Waals surface area contributed by atoms with Crippen molar-refractivity contribution in [1.29, 1.82) is 0 Å². The first kappa shape index (κ1) is 26.0. The zero-order valence-corrected chi connectivity index (χ0v) is 20.1. The maximum Gasteiger partial charge on any atom is 0.573 e. The lowest BCUT2D eigenvalue weighted by Crippen LogP contribution is -2.19. The number of carbonyl (C=O) groups excluding carboxylic acids is 1. The van der Waals surface area contributed by atoms with Crippen LogP contribution in [0, 0.1) is 0 Å². The van der Waals surface area contributed by atoms with Gasteiger partial charge < -0.3 is 15.0 Å². The molecule has 35 heavy (non-hydrogen) atoms. The van der Waals surface area contributed by atoms with Crippen LogP contribution in [-0.2, 0) is 21.1 Å². The van der Waals surface area contributed by atoms with Crippen molar-refractivity contribution in [2.24, 2.45) is 0 Å². The molecule has 0 atom stereocenters. The van der Waals surface area contributed by atoms with Crippen molar-refractivity contribution in [1.82, 2.24) is 4.98 Å². The average molecular weight is 508 g/mol. The van der Waals surface area contributed by atoms with Gasteiger partial charge in [0.25, 0.3) is 0 Å². The Morgan fingerprint density at radius 1 is 1.00 bits per heavy atom. The summed E-state index contributed by atoms with van der Waals surface area (Å²) in [6.45, 7) is 1.55. The molecule has 0 unspecified atom stereocenters. The molecule has 0 aliphatic carbocycles. The number of hydrogen-bond acceptors (Lipinski definition) is 6. The first-order valence-electron chi connectivity index (χ1n) is 10.5. The second-order valence-corrected chi connectivity index (χ2v) is 10.1. The molecule has 1 heterocycles. The number of amides is 1. The molecule has 1 N–H and O–H groups in total. The first-order valence-corrected chi connectivity index (χ1v) is 12.2. The fraction of sp³-hybridized carbons (Fsp3) is 0.250. The molecule has 0 bridgehead atoms. The van der Waals surface area contributed by atoms with Gasteiger partial charge >= 0.3 is 6.36 Å². The van der Waals surface area contributed by atoms with Gasteiger partial charge in [-0.15, -0.1) is 13.2 Å². The molecule has 7 nitrogen and oxygen atoms in total. The number of rotatable bonds is 8. The van der Waals surface area contributed by atoms with Gasteiger partial charge in [-0.3, -0.25) is 4.79 Å². The minimum atomic E-state index is -4.85. The number of nitrogens with one attached hydrogen (secondary N) is 1. The number of aromatic nitrogens is 1. The molecule has 0 saturated carbocycles. The molecule has 0 radical (unpaired) electrons. The summed E-state index contributed by atoms with van der Waals surface area (Å²) >= 11 is 0. The summed E-state index contributed by atoms with van der Waals surface area (Å²) in [5, 5.41) is 2.67. The normalized spacial score (nSPS) is 11.7. The van der Waals surface area contributed by atoms with Gasteiger partial charge in [-0.2, -0.15) is 0 Å². The van der Waals surface area contributed by atoms with Crippen molar-refractivity contribution < 1.29 is 31.1 Å². The van der Waals surface area contributed by atoms with E-state index < -0.39 is 16.2 Å². The number of para-hydroxylation sites is 1. The SMILES string of the molecule is CCS(=O)(=O)c1ccc(CC(=O)Nc2ccc(-c3ccccc3OC(F)(F)F)c(N(C)C)n2)cc1. The van der Waals surface area contributed by atoms with Gasteiger partial charge in [0.15, 0.2) is 9.84 Å². The number of pyridine rings is 1. The van der Waals surface area contributed by atoms with Crippen LogP contribution in [0.4, 0.5) is 24.8 Å². The van der Waals surface area contributed by atoms with Gasteiger partial charge in [-0.05, 0) is 35.9 Å². The minimum absolute atomic E-state index is 0.0183. The maximum absolute atomic E-state index is 12.9. The van der Waals surface area contributed by atoms with E-state index in [1.165, 1.54) is 36.4 Å². The predicted molar refractivity (Wildman–Crippen MR) is 127 cm³/mol. The van der Waals surface area contributed by atoms with Crippen LogP contribution in [0.5, 0.6) is 5.75 Å². The van der Waals surface area contributed by atoms with Crippen molar-refractivity contribution in [3.8, 4) is 16.9 Å². The first-order chi connectivity index (χ1) is 16.4. The molecule has 1 amide bonds. The quantitative estimate of drug-likeness (QED) is 0.476. The van der Waals surface area contributed by atoms with Crippen molar-refractivity contribution in [3.63, 3.8) is 0 Å². The molecule has 0 aliphatic rings. The van der Waals surface area contributed by atoms with Gasteiger partial charge in [0, 0.05) is 25.2 Å². The van der Waals surface area contributed by atoms with E-state index in [0.29, 0.717) is 16.9 Å². The molecule has 1 aromatic heterocycles. The molecule has 0 saturated heterocycles. The summed E-state index contributed by atoms with van der Waals surface area (Å²) in [5.41, 5.74) is 1.20. The van der Waals surface area contributed by atoms with Crippen LogP contribution in [0.2, 0.25) is 0 Å². The molecule has 186 valence electrons. The van der Waals surface area contributed by atoms with Crippen LogP contribution < -0.4 is 15.0 Å². The van der Waals surface area contributed by atoms with Crippen LogP contribution in [-0.4, -0.2) is 45.5 Å². The van der Waals surface area contributed by atoms with Crippen molar-refractivity contribution >= 4 is 27.4 Å². The average Bonchev–Trinajstić information content (AvgIpc) is 2.79. The monoisotopic (exact) mass is 507 g/mol. The second-order valence-electron chi connectivity index (χ2n) is 7.78. The van der Waals surface area contributed by atoms with Crippen LogP contribution in [0.25, 0.3) is 11.1 Å². The van der Waals surface area contributed by atoms with E-state index in [0.717, 1.165) is 0 Å². The zero-order valence-electron chi connectivity index (χ0n) is 19.3. The van der Waals surface area contributed by atoms with E-state index in [1.54, 1.807) is 50.2 Å². The zero-order chi connectivity index (χ0) is 25.8. The Kier molecular flexibility index (Phi) is 7.69. The standard InChI is InChI=1S/C24H24F3N3O4S/c1-4-35(32,33)17-11-9-16(10-12-17)15-22(31)28-21-14-13-19(23(29-21)30(2)3)18-7-5-6-8-20(18)34-24(25,26)27/h5-14H,4,15H2,1-3H3,(H,28,29,31). The molecule has 3 aromatic rings. The maximum atomic E-state index is 12.9. The fourth-order valence-electron chi connectivity index (χ4n) is 3.33. The van der Waals surface area contributed by atoms with Crippen LogP contribution in [0.3, 0.4) is 0 Å². The number of alkyl halides is 3. The number of hydrogen-bond donors (Lipinski definition) is 1. The lowest BCUT2D eigenvalue weighted by Gasteiger charge is -2.20. The third-order valence-corrected chi connectivity index (χ3v) is 6.75. The lowest BCUT2D eigenvalue weighted by molar-refractivity contribution is -0.274. The minimum Gasteiger partial charge on any atom is -0.405 e. The van der Waals surface area contributed by atoms with Gasteiger partial charge in [0.1, 0.15) is 17.4 Å². The van der Waals surface area contributed by atoms with Gasteiger partial charge in [-0.1, -0.05) is 37.3 Å². The van der Waals surface area contributed by atoms with Crippen molar-refractivity contribution in [3.05, 3.63) is 66.2 Å². The van der Waals surface area contributed by atoms with E-state index in [9.17, 15) is 26.4 Å². The number of carbonyl (C=O) groups is 1. The topological polar surface area (TPSA) is 88.6 Å². The summed E-state index contributed by atoms with van der Waals surface area (Å²) in [7, 11) is 0.0225. The van der Waals surface area contributed by atoms with E-state index >= 15 is 0 Å². The van der Waals surface area contributed by atoms with E-state index in [4.69, 9.17) is 0 Å². The summed E-state index contributed by atoms with van der Waals surface area (Å²) in [5.74, 6) is -0.232. The second kappa shape index (κ2) is 10.3. The summed E-state index contributed by atoms with van der Waals surface area (Å²) in [4.78, 5) is 18.7. The Balaban J connectivity index is 1.82. The van der Waals surface area contributed by atoms with Gasteiger partial charge in [-0.25, -0.2) is 13.4 Å². The molecular formula is C24H24F3N3O4S. The van der Waals surface area contributed by atoms with Gasteiger partial charge in [0.05, 0.1) is 17.1 Å². The van der Waals surface area contributed by atoms with E-state index in [1.807, 2.05) is 0 Å². The summed E-state index contributed by atoms with van der Waals surface area (Å²) in [6.07, 6.45) is -4.87. The van der Waals surface area contributed by atoms with Crippen LogP contribution in [0.15, 0.2) is 65.6 Å². The number of sulfone groups is 1. The summed E-state index contributed by atoms with van der Waals surface area (Å²) < 4.78 is 66.6. The Morgan fingerprint density at radius 2 is 1.66 bits per heavy atom. The molecular weight excluding hydrogens is 483 g/mol. The Labute approximate surface area is 201 Å². The van der Waals surface area contributed by atoms with E-state index in [2.05, 4.69) is 15.0 Å². The number of ether oxygens (including phenoxy) is 1. The number of benzene rings is 2. The van der Waals surface area contributed by atoms with E-state index in [-0.39, 0.29) is 40.1 Å². The molecule has 0 spiro atoms. The van der Waals surface area contributed by atoms with Crippen molar-refractivity contribution in [2.45, 2.75) is 24.6 Å². The highest BCUT2D eigenvalue weighted by molar-refractivity contribution is 7.91. The third kappa shape index (κ3) is 6.72. The highest BCUT2D eigenvalue weighted by Crippen LogP contribution is 2.38. The highest BCUT2D eigenvalue weighted by atomic mass is 32.2. The lowest BCUT2D eigenvalue weighted by atomic mass is 10.0. The van der Waals surface area contributed by atoms with Crippen LogP contribution >= 0.6 is 0 Å². The summed E-state index contributed by atoms with van der Waals surface area (Å²) in [6, 6.07) is 14.8. The molecule has 3 rings (SSSR count). The Bertz CT molecular complexity index is 1310. The number of nitrogens with zero attached hydrogens (tertiary/aromatic N) is 2. The Morgan fingerprint density at radius 3 is 2.26 bits per heavy atom. The Hall–Kier alpha value is -3.60. The fourth-order valence-corrected chi connectivity index (χ4v) is 4.21. The van der Waals surface area contributed by atoms with Crippen molar-refractivity contribution in [2.75, 3.05) is 30.1 Å². The smallest absolute Gasteiger partial charge is 0.405 e. The predicted octanol–water partition coefficient (Wildman–Crippen LogP) is 4.69. The largest absolute Gasteiger partial charge is 0.573 e. The third-order valence-electron chi connectivity index (χ3n) is 5.00. The number of halogens is 3. The number of anilines is 2. The molecule has 0 fully saturated rings. The molecule has 2 aromatic carbocycles. The molecule has 11 heteroatoms. The van der Waals surface area contributed by atoms with Gasteiger partial charge in [0.2, 0.25) is 5.91 Å². The highest BCUT2D eigenvalue weighted by Gasteiger charge is 2.32.